The van der Waals surface area contributed by atoms with Crippen LogP contribution in [-0.2, 0) is 14.9 Å². The van der Waals surface area contributed by atoms with E-state index in [0.29, 0.717) is 0 Å². The third-order valence-corrected chi connectivity index (χ3v) is 7.70. The molecule has 0 bridgehead atoms. The molecule has 1 amide bonds. The molecular formula is C19H18F21NO4S2. The predicted molar refractivity (Wildman–Crippen MR) is 116 cm³/mol. The van der Waals surface area contributed by atoms with E-state index < -0.39 is 111 Å². The first-order chi connectivity index (χ1) is 20.1. The zero-order chi connectivity index (χ0) is 38.5. The summed E-state index contributed by atoms with van der Waals surface area (Å²) in [6, 6.07) is 0. The minimum Gasteiger partial charge on any atom is -0.350 e. The van der Waals surface area contributed by atoms with Gasteiger partial charge in [0.1, 0.15) is 0 Å². The van der Waals surface area contributed by atoms with Crippen LogP contribution in [0.5, 0.6) is 0 Å². The van der Waals surface area contributed by atoms with Gasteiger partial charge >= 0.3 is 59.5 Å². The predicted octanol–water partition coefficient (Wildman–Crippen LogP) is 7.56. The molecule has 0 aromatic heterocycles. The van der Waals surface area contributed by atoms with E-state index in [1.807, 2.05) is 5.32 Å². The summed E-state index contributed by atoms with van der Waals surface area (Å²) < 4.78 is 312. The molecule has 2 N–H and O–H groups in total. The summed E-state index contributed by atoms with van der Waals surface area (Å²) >= 11 is -0.0858. The summed E-state index contributed by atoms with van der Waals surface area (Å²) in [5, 5.41) is 1.97. The maximum Gasteiger partial charge on any atom is 0.460 e. The van der Waals surface area contributed by atoms with Gasteiger partial charge in [0.2, 0.25) is 5.91 Å². The molecule has 47 heavy (non-hydrogen) atoms. The third kappa shape index (κ3) is 8.02. The van der Waals surface area contributed by atoms with Gasteiger partial charge in [-0.25, -0.2) is 0 Å². The van der Waals surface area contributed by atoms with Crippen molar-refractivity contribution in [2.75, 3.05) is 17.3 Å². The molecule has 0 rings (SSSR count). The maximum absolute atomic E-state index is 13.9. The average molecular weight is 787 g/mol. The molecule has 0 aliphatic heterocycles. The van der Waals surface area contributed by atoms with Crippen molar-refractivity contribution in [3.63, 3.8) is 0 Å². The van der Waals surface area contributed by atoms with Gasteiger partial charge in [-0.2, -0.15) is 112 Å². The molecule has 0 saturated carbocycles. The maximum atomic E-state index is 13.9. The topological polar surface area (TPSA) is 83.5 Å². The third-order valence-electron chi connectivity index (χ3n) is 5.63. The second-order valence-corrected chi connectivity index (χ2v) is 12.7. The summed E-state index contributed by atoms with van der Waals surface area (Å²) in [6.45, 7) is 2.07. The lowest BCUT2D eigenvalue weighted by molar-refractivity contribution is -0.474. The zero-order valence-corrected chi connectivity index (χ0v) is 24.1. The van der Waals surface area contributed by atoms with Crippen molar-refractivity contribution >= 4 is 27.8 Å². The van der Waals surface area contributed by atoms with E-state index in [9.17, 15) is 105 Å². The van der Waals surface area contributed by atoms with E-state index in [1.54, 1.807) is 0 Å². The number of thioether (sulfide) groups is 1. The van der Waals surface area contributed by atoms with E-state index in [1.165, 1.54) is 0 Å². The molecule has 0 aromatic rings. The van der Waals surface area contributed by atoms with Crippen molar-refractivity contribution in [3.8, 4) is 0 Å². The quantitative estimate of drug-likeness (QED) is 0.0904. The second kappa shape index (κ2) is 12.9. The van der Waals surface area contributed by atoms with Crippen LogP contribution in [0, 0.1) is 0 Å². The van der Waals surface area contributed by atoms with Gasteiger partial charge in [0.15, 0.2) is 0 Å². The Hall–Kier alpha value is -1.74. The van der Waals surface area contributed by atoms with Crippen molar-refractivity contribution < 1.29 is 110 Å². The highest BCUT2D eigenvalue weighted by Gasteiger charge is 2.97. The fraction of sp³-hybridized carbons (Fsp3) is 0.947. The summed E-state index contributed by atoms with van der Waals surface area (Å²) in [4.78, 5) is 11.7. The van der Waals surface area contributed by atoms with Gasteiger partial charge in [0.05, 0.1) is 11.3 Å². The normalized spacial score (nSPS) is 16.0. The van der Waals surface area contributed by atoms with Gasteiger partial charge in [-0.3, -0.25) is 9.35 Å². The Kier molecular flexibility index (Phi) is 12.4. The van der Waals surface area contributed by atoms with Gasteiger partial charge in [-0.1, -0.05) is 0 Å². The minimum atomic E-state index is -9.23. The zero-order valence-electron chi connectivity index (χ0n) is 22.5. The highest BCUT2D eigenvalue weighted by atomic mass is 32.2. The fourth-order valence-corrected chi connectivity index (χ4v) is 5.07. The van der Waals surface area contributed by atoms with Crippen LogP contribution in [0.25, 0.3) is 0 Å². The molecule has 28 heteroatoms. The highest BCUT2D eigenvalue weighted by Crippen LogP contribution is 2.66. The summed E-state index contributed by atoms with van der Waals surface area (Å²) in [6.07, 6.45) is -11.7. The number of hydrogen-bond donors (Lipinski definition) is 2. The van der Waals surface area contributed by atoms with Gasteiger partial charge < -0.3 is 5.32 Å². The van der Waals surface area contributed by atoms with E-state index in [2.05, 4.69) is 0 Å². The van der Waals surface area contributed by atoms with Gasteiger partial charge in [-0.05, 0) is 19.6 Å². The van der Waals surface area contributed by atoms with Crippen LogP contribution in [-0.4, -0.2) is 101 Å². The minimum absolute atomic E-state index is 0.0858. The van der Waals surface area contributed by atoms with Gasteiger partial charge in [-0.15, -0.1) is 0 Å². The standard InChI is InChI=1S/C19H18F21NO4S2/c1-9(2,7-47(43,44)45)41-8(42)3-5-46-6-4-10(20,21)11(22,23)12(24,25)13(26,27)14(28,29)15(30,31)16(32,33)17(34,35)18(36,37)19(38,39)40/h3-7H2,1-2H3,(H,41,42)(H,43,44,45). The second-order valence-electron chi connectivity index (χ2n) is 10.1. The van der Waals surface area contributed by atoms with Crippen LogP contribution >= 0.6 is 11.8 Å². The molecule has 0 aliphatic carbocycles. The summed E-state index contributed by atoms with van der Waals surface area (Å²) in [5.74, 6) is -82.0. The largest absolute Gasteiger partial charge is 0.460 e. The van der Waals surface area contributed by atoms with Crippen LogP contribution in [0.3, 0.4) is 0 Å². The Morgan fingerprint density at radius 3 is 1.21 bits per heavy atom. The lowest BCUT2D eigenvalue weighted by atomic mass is 9.86. The molecule has 0 heterocycles. The Morgan fingerprint density at radius 2 is 0.894 bits per heavy atom. The van der Waals surface area contributed by atoms with Crippen molar-refractivity contribution in [1.29, 1.82) is 0 Å². The number of hydrogen-bond acceptors (Lipinski definition) is 4. The molecule has 0 radical (unpaired) electrons. The van der Waals surface area contributed by atoms with Gasteiger partial charge in [0, 0.05) is 18.6 Å². The van der Waals surface area contributed by atoms with Crippen LogP contribution in [0.15, 0.2) is 0 Å². The van der Waals surface area contributed by atoms with E-state index in [-0.39, 0.29) is 11.8 Å². The molecule has 0 unspecified atom stereocenters. The van der Waals surface area contributed by atoms with Crippen molar-refractivity contribution in [2.24, 2.45) is 0 Å². The van der Waals surface area contributed by atoms with Crippen molar-refractivity contribution in [3.05, 3.63) is 0 Å². The number of rotatable bonds is 17. The lowest BCUT2D eigenvalue weighted by Gasteiger charge is -2.44. The molecular weight excluding hydrogens is 769 g/mol. The first-order valence-corrected chi connectivity index (χ1v) is 14.1. The number of carbonyl (C=O) groups is 1. The number of nitrogens with one attached hydrogen (secondary N) is 1. The molecule has 0 aliphatic rings. The van der Waals surface area contributed by atoms with Crippen molar-refractivity contribution in [2.45, 2.75) is 91.7 Å². The molecule has 282 valence electrons. The molecule has 0 saturated heterocycles. The van der Waals surface area contributed by atoms with Crippen LogP contribution < -0.4 is 5.32 Å². The Balaban J connectivity index is 6.14. The number of amides is 1. The van der Waals surface area contributed by atoms with E-state index >= 15 is 0 Å². The Labute approximate surface area is 252 Å². The van der Waals surface area contributed by atoms with Crippen LogP contribution in [0.4, 0.5) is 92.2 Å². The number of halogens is 21. The molecule has 0 spiro atoms. The van der Waals surface area contributed by atoms with Crippen LogP contribution in [0.1, 0.15) is 26.7 Å². The number of carbonyl (C=O) groups excluding carboxylic acids is 1. The Morgan fingerprint density at radius 1 is 0.574 bits per heavy atom. The smallest absolute Gasteiger partial charge is 0.350 e. The fourth-order valence-electron chi connectivity index (χ4n) is 3.15. The summed E-state index contributed by atoms with van der Waals surface area (Å²) in [7, 11) is -4.67. The van der Waals surface area contributed by atoms with E-state index in [4.69, 9.17) is 4.55 Å². The lowest BCUT2D eigenvalue weighted by Crippen LogP contribution is -2.76. The van der Waals surface area contributed by atoms with Gasteiger partial charge in [0.25, 0.3) is 10.1 Å². The monoisotopic (exact) mass is 787 g/mol. The van der Waals surface area contributed by atoms with Crippen molar-refractivity contribution in [1.82, 2.24) is 5.32 Å². The molecule has 5 nitrogen and oxygen atoms in total. The SMILES string of the molecule is CC(C)(CS(=O)(=O)O)NC(=O)CCSCCC(F)(F)C(F)(F)C(F)(F)C(F)(F)C(F)(F)C(F)(F)C(F)(F)C(F)(F)C(F)(F)C(F)(F)F. The van der Waals surface area contributed by atoms with Crippen LogP contribution in [0.2, 0.25) is 0 Å². The highest BCUT2D eigenvalue weighted by molar-refractivity contribution is 7.99. The first-order valence-electron chi connectivity index (χ1n) is 11.4. The average Bonchev–Trinajstić information content (AvgIpc) is 2.79. The molecule has 0 fully saturated rings. The summed E-state index contributed by atoms with van der Waals surface area (Å²) in [5.41, 5.74) is -1.68. The number of alkyl halides is 21. The molecule has 0 aromatic carbocycles. The van der Waals surface area contributed by atoms with E-state index in [0.717, 1.165) is 13.8 Å². The Bertz CT molecular complexity index is 1230. The first kappa shape index (κ1) is 45.3. The molecule has 0 atom stereocenters.